The Labute approximate surface area is 126 Å². The van der Waals surface area contributed by atoms with E-state index in [1.807, 2.05) is 18.6 Å². The first-order valence-corrected chi connectivity index (χ1v) is 7.94. The molecule has 0 aromatic carbocycles. The smallest absolute Gasteiger partial charge is 0.211 e. The van der Waals surface area contributed by atoms with Crippen LogP contribution >= 0.6 is 15.9 Å². The highest BCUT2D eigenvalue weighted by Crippen LogP contribution is 2.45. The van der Waals surface area contributed by atoms with E-state index >= 15 is 0 Å². The van der Waals surface area contributed by atoms with Gasteiger partial charge in [0.1, 0.15) is 0 Å². The Balaban J connectivity index is 1.68. The summed E-state index contributed by atoms with van der Waals surface area (Å²) >= 11 is 3.51. The standard InChI is InChI=1S/C14H18BrN5/c15-11-8-18-13(20-6-4-17-12(11)20)19-5-3-14(9-19)2-1-10(16)7-14/h4,6,8,10H,1-3,5,7,9,16H2/t10-,14?/m1/s1. The summed E-state index contributed by atoms with van der Waals surface area (Å²) in [4.78, 5) is 11.4. The normalized spacial score (nSPS) is 29.9. The molecule has 2 aromatic rings. The van der Waals surface area contributed by atoms with Crippen molar-refractivity contribution in [3.8, 4) is 0 Å². The molecule has 1 aliphatic carbocycles. The lowest BCUT2D eigenvalue weighted by Crippen LogP contribution is -2.28. The summed E-state index contributed by atoms with van der Waals surface area (Å²) in [5, 5.41) is 0. The zero-order valence-corrected chi connectivity index (χ0v) is 12.9. The molecule has 106 valence electrons. The van der Waals surface area contributed by atoms with Gasteiger partial charge < -0.3 is 10.6 Å². The molecule has 0 bridgehead atoms. The van der Waals surface area contributed by atoms with Crippen molar-refractivity contribution >= 4 is 27.5 Å². The largest absolute Gasteiger partial charge is 0.341 e. The highest BCUT2D eigenvalue weighted by molar-refractivity contribution is 9.10. The molecule has 6 heteroatoms. The van der Waals surface area contributed by atoms with Crippen LogP contribution in [0.5, 0.6) is 0 Å². The lowest BCUT2D eigenvalue weighted by Gasteiger charge is -2.24. The first kappa shape index (κ1) is 12.6. The maximum Gasteiger partial charge on any atom is 0.211 e. The molecule has 0 radical (unpaired) electrons. The van der Waals surface area contributed by atoms with Crippen LogP contribution < -0.4 is 10.6 Å². The molecule has 0 amide bonds. The maximum absolute atomic E-state index is 6.11. The van der Waals surface area contributed by atoms with Gasteiger partial charge >= 0.3 is 0 Å². The predicted octanol–water partition coefficient (Wildman–Crippen LogP) is 2.20. The van der Waals surface area contributed by atoms with Crippen LogP contribution in [0.1, 0.15) is 25.7 Å². The van der Waals surface area contributed by atoms with Crippen LogP contribution in [-0.4, -0.2) is 33.5 Å². The summed E-state index contributed by atoms with van der Waals surface area (Å²) in [7, 11) is 0. The molecule has 2 fully saturated rings. The van der Waals surface area contributed by atoms with Crippen LogP contribution in [0.15, 0.2) is 23.1 Å². The molecule has 2 aliphatic rings. The molecule has 2 atom stereocenters. The summed E-state index contributed by atoms with van der Waals surface area (Å²) in [6.45, 7) is 2.14. The molecule has 2 N–H and O–H groups in total. The van der Waals surface area contributed by atoms with E-state index in [1.165, 1.54) is 19.3 Å². The second-order valence-corrected chi connectivity index (χ2v) is 7.06. The van der Waals surface area contributed by atoms with Crippen LogP contribution in [-0.2, 0) is 0 Å². The van der Waals surface area contributed by atoms with Gasteiger partial charge in [-0.05, 0) is 47.0 Å². The number of fused-ring (bicyclic) bond motifs is 1. The fraction of sp³-hybridized carbons (Fsp3) is 0.571. The number of rotatable bonds is 1. The van der Waals surface area contributed by atoms with Gasteiger partial charge in [-0.15, -0.1) is 0 Å². The summed E-state index contributed by atoms with van der Waals surface area (Å²) in [5.74, 6) is 0.998. The Morgan fingerprint density at radius 1 is 1.35 bits per heavy atom. The van der Waals surface area contributed by atoms with Crippen molar-refractivity contribution in [3.63, 3.8) is 0 Å². The minimum absolute atomic E-state index is 0.390. The van der Waals surface area contributed by atoms with Crippen molar-refractivity contribution in [3.05, 3.63) is 23.1 Å². The summed E-state index contributed by atoms with van der Waals surface area (Å²) in [5.41, 5.74) is 7.46. The molecular weight excluding hydrogens is 318 g/mol. The molecule has 5 nitrogen and oxygen atoms in total. The van der Waals surface area contributed by atoms with Crippen molar-refractivity contribution in [2.45, 2.75) is 31.7 Å². The lowest BCUT2D eigenvalue weighted by atomic mass is 9.85. The third kappa shape index (κ3) is 1.85. The fourth-order valence-electron chi connectivity index (χ4n) is 3.84. The maximum atomic E-state index is 6.11. The van der Waals surface area contributed by atoms with E-state index in [0.29, 0.717) is 11.5 Å². The summed E-state index contributed by atoms with van der Waals surface area (Å²) < 4.78 is 3.00. The van der Waals surface area contributed by atoms with Crippen molar-refractivity contribution in [1.82, 2.24) is 14.4 Å². The van der Waals surface area contributed by atoms with Gasteiger partial charge in [0.05, 0.1) is 4.47 Å². The number of imidazole rings is 1. The third-order valence-corrected chi connectivity index (χ3v) is 5.38. The molecule has 1 aliphatic heterocycles. The van der Waals surface area contributed by atoms with Crippen LogP contribution in [0.25, 0.3) is 5.65 Å². The second kappa shape index (κ2) is 4.43. The first-order chi connectivity index (χ1) is 9.67. The number of halogens is 1. The Bertz CT molecular complexity index is 654. The van der Waals surface area contributed by atoms with E-state index in [-0.39, 0.29) is 0 Å². The van der Waals surface area contributed by atoms with E-state index in [0.717, 1.165) is 35.6 Å². The van der Waals surface area contributed by atoms with Crippen molar-refractivity contribution < 1.29 is 0 Å². The van der Waals surface area contributed by atoms with Crippen molar-refractivity contribution in [1.29, 1.82) is 0 Å². The van der Waals surface area contributed by atoms with Crippen LogP contribution in [0.3, 0.4) is 0 Å². The average molecular weight is 336 g/mol. The molecular formula is C14H18BrN5. The number of hydrogen-bond donors (Lipinski definition) is 1. The number of aromatic nitrogens is 3. The van der Waals surface area contributed by atoms with Gasteiger partial charge in [0.25, 0.3) is 0 Å². The van der Waals surface area contributed by atoms with Crippen LogP contribution in [0.4, 0.5) is 5.95 Å². The topological polar surface area (TPSA) is 59.5 Å². The number of hydrogen-bond acceptors (Lipinski definition) is 4. The quantitative estimate of drug-likeness (QED) is 0.867. The SMILES string of the molecule is N[C@@H]1CCC2(CCN(c3ncc(Br)c4nccn34)C2)C1. The highest BCUT2D eigenvalue weighted by Gasteiger charge is 2.43. The molecule has 4 rings (SSSR count). The summed E-state index contributed by atoms with van der Waals surface area (Å²) in [6.07, 6.45) is 10.5. The van der Waals surface area contributed by atoms with E-state index in [9.17, 15) is 0 Å². The second-order valence-electron chi connectivity index (χ2n) is 6.20. The minimum Gasteiger partial charge on any atom is -0.341 e. The van der Waals surface area contributed by atoms with Gasteiger partial charge in [-0.3, -0.25) is 4.40 Å². The monoisotopic (exact) mass is 335 g/mol. The highest BCUT2D eigenvalue weighted by atomic mass is 79.9. The fourth-order valence-corrected chi connectivity index (χ4v) is 4.23. The Hall–Kier alpha value is -1.14. The predicted molar refractivity (Wildman–Crippen MR) is 81.8 cm³/mol. The van der Waals surface area contributed by atoms with Crippen molar-refractivity contribution in [2.24, 2.45) is 11.1 Å². The first-order valence-electron chi connectivity index (χ1n) is 7.15. The molecule has 3 heterocycles. The van der Waals surface area contributed by atoms with Gasteiger partial charge in [0.15, 0.2) is 5.65 Å². The van der Waals surface area contributed by atoms with E-state index < -0.39 is 0 Å². The van der Waals surface area contributed by atoms with E-state index in [4.69, 9.17) is 5.73 Å². The third-order valence-electron chi connectivity index (χ3n) is 4.83. The van der Waals surface area contributed by atoms with Crippen LogP contribution in [0, 0.1) is 5.41 Å². The Morgan fingerprint density at radius 3 is 3.05 bits per heavy atom. The minimum atomic E-state index is 0.390. The van der Waals surface area contributed by atoms with Gasteiger partial charge in [-0.1, -0.05) is 0 Å². The molecule has 1 saturated carbocycles. The average Bonchev–Trinajstić information content (AvgIpc) is 3.12. The lowest BCUT2D eigenvalue weighted by molar-refractivity contribution is 0.335. The molecule has 1 unspecified atom stereocenters. The van der Waals surface area contributed by atoms with Crippen LogP contribution in [0.2, 0.25) is 0 Å². The summed E-state index contributed by atoms with van der Waals surface area (Å²) in [6, 6.07) is 0.390. The number of nitrogens with zero attached hydrogens (tertiary/aromatic N) is 4. The van der Waals surface area contributed by atoms with Gasteiger partial charge in [0.2, 0.25) is 5.95 Å². The zero-order valence-electron chi connectivity index (χ0n) is 11.3. The van der Waals surface area contributed by atoms with E-state index in [2.05, 4.69) is 35.2 Å². The molecule has 1 spiro atoms. The van der Waals surface area contributed by atoms with Gasteiger partial charge in [-0.2, -0.15) is 0 Å². The Kier molecular flexibility index (Phi) is 2.79. The zero-order chi connectivity index (χ0) is 13.7. The molecule has 1 saturated heterocycles. The van der Waals surface area contributed by atoms with Crippen molar-refractivity contribution in [2.75, 3.05) is 18.0 Å². The van der Waals surface area contributed by atoms with Gasteiger partial charge in [-0.25, -0.2) is 9.97 Å². The molecule has 20 heavy (non-hydrogen) atoms. The van der Waals surface area contributed by atoms with E-state index in [1.54, 1.807) is 0 Å². The molecule has 2 aromatic heterocycles. The Morgan fingerprint density at radius 2 is 2.25 bits per heavy atom. The number of nitrogens with two attached hydrogens (primary N) is 1. The van der Waals surface area contributed by atoms with Gasteiger partial charge in [0, 0.05) is 37.7 Å². The number of anilines is 1.